The van der Waals surface area contributed by atoms with E-state index in [1.165, 1.54) is 16.3 Å². The minimum atomic E-state index is 0.356. The number of hydrogen-bond acceptors (Lipinski definition) is 6. The molecule has 1 fully saturated rings. The largest absolute Gasteiger partial charge is 0.506 e. The molecule has 1 N–H and O–H groups in total. The van der Waals surface area contributed by atoms with Crippen molar-refractivity contribution in [3.8, 4) is 11.5 Å². The third kappa shape index (κ3) is 4.12. The minimum Gasteiger partial charge on any atom is -0.506 e. The van der Waals surface area contributed by atoms with Crippen molar-refractivity contribution < 1.29 is 9.84 Å². The SMILES string of the molecule is COc1ccccc1N1CCN(CCCN2c3ccccc3Sc3cccc(O)c32)CC1. The van der Waals surface area contributed by atoms with Crippen LogP contribution in [0.25, 0.3) is 0 Å². The Balaban J connectivity index is 1.22. The first-order valence-electron chi connectivity index (χ1n) is 11.2. The lowest BCUT2D eigenvalue weighted by Crippen LogP contribution is -2.47. The third-order valence-electron chi connectivity index (χ3n) is 6.28. The van der Waals surface area contributed by atoms with Gasteiger partial charge in [-0.2, -0.15) is 0 Å². The van der Waals surface area contributed by atoms with Crippen LogP contribution in [0.2, 0.25) is 0 Å². The molecule has 0 unspecified atom stereocenters. The number of piperazine rings is 1. The van der Waals surface area contributed by atoms with E-state index in [0.717, 1.165) is 62.0 Å². The van der Waals surface area contributed by atoms with Crippen LogP contribution in [0.3, 0.4) is 0 Å². The molecule has 5 nitrogen and oxygen atoms in total. The van der Waals surface area contributed by atoms with Crippen LogP contribution in [0.15, 0.2) is 76.5 Å². The van der Waals surface area contributed by atoms with E-state index >= 15 is 0 Å². The van der Waals surface area contributed by atoms with Crippen molar-refractivity contribution >= 4 is 28.8 Å². The van der Waals surface area contributed by atoms with Crippen LogP contribution in [0.5, 0.6) is 11.5 Å². The Morgan fingerprint density at radius 3 is 2.34 bits per heavy atom. The summed E-state index contributed by atoms with van der Waals surface area (Å²) in [6.07, 6.45) is 1.04. The van der Waals surface area contributed by atoms with Gasteiger partial charge in [-0.15, -0.1) is 0 Å². The van der Waals surface area contributed by atoms with E-state index in [1.54, 1.807) is 24.9 Å². The second-order valence-electron chi connectivity index (χ2n) is 8.20. The van der Waals surface area contributed by atoms with E-state index in [-0.39, 0.29) is 0 Å². The topological polar surface area (TPSA) is 39.2 Å². The number of benzene rings is 3. The molecular weight excluding hydrogens is 418 g/mol. The van der Waals surface area contributed by atoms with Crippen LogP contribution >= 0.6 is 11.8 Å². The van der Waals surface area contributed by atoms with Gasteiger partial charge in [0.25, 0.3) is 0 Å². The Morgan fingerprint density at radius 1 is 0.812 bits per heavy atom. The first kappa shape index (κ1) is 21.0. The molecule has 6 heteroatoms. The van der Waals surface area contributed by atoms with E-state index in [2.05, 4.69) is 57.2 Å². The van der Waals surface area contributed by atoms with Crippen molar-refractivity contribution in [1.82, 2.24) is 4.90 Å². The maximum absolute atomic E-state index is 10.6. The van der Waals surface area contributed by atoms with Crippen LogP contribution in [-0.4, -0.2) is 56.4 Å². The number of methoxy groups -OCH3 is 1. The number of nitrogens with zero attached hydrogens (tertiary/aromatic N) is 3. The summed E-state index contributed by atoms with van der Waals surface area (Å²) in [6, 6.07) is 22.6. The number of hydrogen-bond donors (Lipinski definition) is 1. The number of phenolic OH excluding ortho intramolecular Hbond substituents is 1. The molecule has 3 aromatic carbocycles. The van der Waals surface area contributed by atoms with Gasteiger partial charge in [-0.25, -0.2) is 0 Å². The molecular formula is C26H29N3O2S. The zero-order chi connectivity index (χ0) is 21.9. The van der Waals surface area contributed by atoms with Crippen LogP contribution < -0.4 is 14.5 Å². The van der Waals surface area contributed by atoms with Crippen LogP contribution in [0.1, 0.15) is 6.42 Å². The molecule has 0 bridgehead atoms. The average molecular weight is 448 g/mol. The van der Waals surface area contributed by atoms with Crippen LogP contribution in [0, 0.1) is 0 Å². The first-order chi connectivity index (χ1) is 15.7. The van der Waals surface area contributed by atoms with Gasteiger partial charge in [0.15, 0.2) is 0 Å². The molecule has 0 atom stereocenters. The van der Waals surface area contributed by atoms with E-state index in [4.69, 9.17) is 4.74 Å². The molecule has 0 aromatic heterocycles. The summed E-state index contributed by atoms with van der Waals surface area (Å²) in [4.78, 5) is 9.62. The third-order valence-corrected chi connectivity index (χ3v) is 7.39. The van der Waals surface area contributed by atoms with Crippen molar-refractivity contribution in [2.24, 2.45) is 0 Å². The fourth-order valence-electron chi connectivity index (χ4n) is 4.66. The maximum Gasteiger partial charge on any atom is 0.142 e. The molecule has 2 heterocycles. The highest BCUT2D eigenvalue weighted by atomic mass is 32.2. The lowest BCUT2D eigenvalue weighted by molar-refractivity contribution is 0.255. The average Bonchev–Trinajstić information content (AvgIpc) is 2.84. The summed E-state index contributed by atoms with van der Waals surface area (Å²) < 4.78 is 5.54. The van der Waals surface area contributed by atoms with Crippen LogP contribution in [-0.2, 0) is 0 Å². The summed E-state index contributed by atoms with van der Waals surface area (Å²) in [7, 11) is 1.74. The summed E-state index contributed by atoms with van der Waals surface area (Å²) in [6.45, 7) is 6.04. The Morgan fingerprint density at radius 2 is 1.53 bits per heavy atom. The fourth-order valence-corrected chi connectivity index (χ4v) is 5.78. The molecule has 1 saturated heterocycles. The molecule has 2 aliphatic rings. The molecule has 166 valence electrons. The second-order valence-corrected chi connectivity index (χ2v) is 9.28. The molecule has 0 aliphatic carbocycles. The monoisotopic (exact) mass is 447 g/mol. The van der Waals surface area contributed by atoms with Gasteiger partial charge >= 0.3 is 0 Å². The number of rotatable bonds is 6. The fraction of sp³-hybridized carbons (Fsp3) is 0.308. The van der Waals surface area contributed by atoms with Gasteiger partial charge in [-0.05, 0) is 49.4 Å². The minimum absolute atomic E-state index is 0.356. The first-order valence-corrected chi connectivity index (χ1v) is 12.0. The number of para-hydroxylation sites is 4. The molecule has 0 radical (unpaired) electrons. The maximum atomic E-state index is 10.6. The number of phenols is 1. The van der Waals surface area contributed by atoms with Crippen molar-refractivity contribution in [2.75, 3.05) is 56.2 Å². The lowest BCUT2D eigenvalue weighted by atomic mass is 10.2. The highest BCUT2D eigenvalue weighted by molar-refractivity contribution is 7.99. The molecule has 2 aliphatic heterocycles. The van der Waals surface area contributed by atoms with Gasteiger partial charge in [0.2, 0.25) is 0 Å². The highest BCUT2D eigenvalue weighted by Gasteiger charge is 2.26. The number of fused-ring (bicyclic) bond motifs is 2. The molecule has 32 heavy (non-hydrogen) atoms. The summed E-state index contributed by atoms with van der Waals surface area (Å²) in [5.74, 6) is 1.30. The van der Waals surface area contributed by atoms with E-state index < -0.39 is 0 Å². The van der Waals surface area contributed by atoms with Gasteiger partial charge in [-0.3, -0.25) is 4.90 Å². The second kappa shape index (κ2) is 9.35. The van der Waals surface area contributed by atoms with Crippen molar-refractivity contribution in [3.05, 3.63) is 66.7 Å². The quantitative estimate of drug-likeness (QED) is 0.559. The van der Waals surface area contributed by atoms with Gasteiger partial charge in [-0.1, -0.05) is 42.1 Å². The Hall–Kier alpha value is -2.83. The predicted molar refractivity (Wildman–Crippen MR) is 132 cm³/mol. The van der Waals surface area contributed by atoms with Crippen molar-refractivity contribution in [3.63, 3.8) is 0 Å². The Bertz CT molecular complexity index is 1080. The van der Waals surface area contributed by atoms with E-state index in [9.17, 15) is 5.11 Å². The van der Waals surface area contributed by atoms with Gasteiger partial charge in [0, 0.05) is 42.5 Å². The van der Waals surface area contributed by atoms with Crippen molar-refractivity contribution in [1.29, 1.82) is 0 Å². The summed E-state index contributed by atoms with van der Waals surface area (Å²) in [5, 5.41) is 10.6. The number of aromatic hydroxyl groups is 1. The summed E-state index contributed by atoms with van der Waals surface area (Å²) >= 11 is 1.74. The molecule has 0 amide bonds. The van der Waals surface area contributed by atoms with Crippen molar-refractivity contribution in [2.45, 2.75) is 16.2 Å². The molecule has 0 spiro atoms. The normalized spacial score (nSPS) is 15.9. The van der Waals surface area contributed by atoms with Crippen LogP contribution in [0.4, 0.5) is 17.1 Å². The molecule has 3 aromatic rings. The number of anilines is 3. The van der Waals surface area contributed by atoms with E-state index in [1.807, 2.05) is 18.2 Å². The van der Waals surface area contributed by atoms with Gasteiger partial charge in [0.05, 0.1) is 24.2 Å². The predicted octanol–water partition coefficient (Wildman–Crippen LogP) is 5.22. The van der Waals surface area contributed by atoms with Gasteiger partial charge in [0.1, 0.15) is 11.5 Å². The zero-order valence-electron chi connectivity index (χ0n) is 18.4. The molecule has 0 saturated carbocycles. The van der Waals surface area contributed by atoms with E-state index in [0.29, 0.717) is 5.75 Å². The standard InChI is InChI=1S/C26H29N3O2S/c1-31-23-11-4-2-8-20(23)28-18-16-27(17-19-28)14-7-15-29-21-9-3-5-12-24(21)32-25-13-6-10-22(30)26(25)29/h2-6,8-13,30H,7,14-19H2,1H3. The highest BCUT2D eigenvalue weighted by Crippen LogP contribution is 2.51. The smallest absolute Gasteiger partial charge is 0.142 e. The lowest BCUT2D eigenvalue weighted by Gasteiger charge is -2.37. The number of ether oxygens (including phenoxy) is 1. The summed E-state index contributed by atoms with van der Waals surface area (Å²) in [5.41, 5.74) is 3.31. The Kier molecular flexibility index (Phi) is 6.14. The van der Waals surface area contributed by atoms with Gasteiger partial charge < -0.3 is 19.6 Å². The molecule has 5 rings (SSSR count). The zero-order valence-corrected chi connectivity index (χ0v) is 19.2. The Labute approximate surface area is 194 Å².